The van der Waals surface area contributed by atoms with Crippen molar-refractivity contribution in [3.05, 3.63) is 40.6 Å². The van der Waals surface area contributed by atoms with E-state index in [9.17, 15) is 0 Å². The normalized spacial score (nSPS) is 10.9. The molecule has 0 aliphatic rings. The molecule has 0 aliphatic heterocycles. The Morgan fingerprint density at radius 2 is 2.24 bits per heavy atom. The monoisotopic (exact) mass is 266 g/mol. The summed E-state index contributed by atoms with van der Waals surface area (Å²) in [5.74, 6) is 0.653. The van der Waals surface area contributed by atoms with Gasteiger partial charge >= 0.3 is 0 Å². The molecule has 0 N–H and O–H groups in total. The summed E-state index contributed by atoms with van der Waals surface area (Å²) in [5, 5.41) is 13.3. The molecule has 2 heterocycles. The zero-order valence-corrected chi connectivity index (χ0v) is 10.1. The van der Waals surface area contributed by atoms with Gasteiger partial charge in [-0.25, -0.2) is 0 Å². The Morgan fingerprint density at radius 3 is 3.06 bits per heavy atom. The lowest BCUT2D eigenvalue weighted by Gasteiger charge is -2.04. The smallest absolute Gasteiger partial charge is 0.234 e. The van der Waals surface area contributed by atoms with Crippen molar-refractivity contribution in [1.29, 1.82) is 0 Å². The van der Waals surface area contributed by atoms with E-state index in [-0.39, 0.29) is 0 Å². The summed E-state index contributed by atoms with van der Waals surface area (Å²) in [5.41, 5.74) is 0. The van der Waals surface area contributed by atoms with Gasteiger partial charge in [0, 0.05) is 0 Å². The van der Waals surface area contributed by atoms with Crippen LogP contribution < -0.4 is 4.74 Å². The maximum absolute atomic E-state index is 5.98. The van der Waals surface area contributed by atoms with Gasteiger partial charge in [0.05, 0.1) is 5.02 Å². The molecule has 0 amide bonds. The number of nitrogens with zero attached hydrogens (tertiary/aromatic N) is 4. The van der Waals surface area contributed by atoms with Gasteiger partial charge in [0.25, 0.3) is 0 Å². The molecule has 0 saturated carbocycles. The van der Waals surface area contributed by atoms with Gasteiger partial charge in [-0.3, -0.25) is 0 Å². The third-order valence-corrected chi connectivity index (χ3v) is 3.32. The summed E-state index contributed by atoms with van der Waals surface area (Å²) < 4.78 is 7.20. The van der Waals surface area contributed by atoms with Gasteiger partial charge in [-0.1, -0.05) is 35.1 Å². The molecule has 17 heavy (non-hydrogen) atoms. The standard InChI is InChI=1S/C10H7ClN4OS/c11-7-3-1-2-4-8(7)16-5-9-14-15-6-12-13-10(15)17-9/h1-4,6H,5H2. The molecule has 3 aromatic rings. The molecule has 0 spiro atoms. The average Bonchev–Trinajstić information content (AvgIpc) is 2.88. The molecule has 7 heteroatoms. The molecule has 0 unspecified atom stereocenters. The molecule has 2 aromatic heterocycles. The van der Waals surface area contributed by atoms with E-state index >= 15 is 0 Å². The lowest BCUT2D eigenvalue weighted by Crippen LogP contribution is -1.96. The number of rotatable bonds is 3. The van der Waals surface area contributed by atoms with Crippen LogP contribution >= 0.6 is 22.9 Å². The first-order valence-electron chi connectivity index (χ1n) is 4.86. The van der Waals surface area contributed by atoms with Crippen molar-refractivity contribution in [2.75, 3.05) is 0 Å². The van der Waals surface area contributed by atoms with E-state index in [4.69, 9.17) is 16.3 Å². The van der Waals surface area contributed by atoms with Crippen LogP contribution in [-0.2, 0) is 6.61 Å². The summed E-state index contributed by atoms with van der Waals surface area (Å²) >= 11 is 7.42. The highest BCUT2D eigenvalue weighted by atomic mass is 35.5. The Kier molecular flexibility index (Phi) is 2.66. The van der Waals surface area contributed by atoms with Crippen LogP contribution in [-0.4, -0.2) is 19.8 Å². The van der Waals surface area contributed by atoms with E-state index in [0.717, 1.165) is 9.97 Å². The van der Waals surface area contributed by atoms with Gasteiger partial charge in [0.2, 0.25) is 4.96 Å². The van der Waals surface area contributed by atoms with Crippen molar-refractivity contribution >= 4 is 27.9 Å². The van der Waals surface area contributed by atoms with Crippen molar-refractivity contribution in [3.63, 3.8) is 0 Å². The second kappa shape index (κ2) is 4.31. The number of hydrogen-bond acceptors (Lipinski definition) is 5. The maximum atomic E-state index is 5.98. The van der Waals surface area contributed by atoms with Gasteiger partial charge in [-0.15, -0.1) is 10.2 Å². The number of benzene rings is 1. The molecule has 5 nitrogen and oxygen atoms in total. The van der Waals surface area contributed by atoms with Crippen LogP contribution in [0.4, 0.5) is 0 Å². The molecule has 0 aliphatic carbocycles. The van der Waals surface area contributed by atoms with E-state index in [0.29, 0.717) is 17.4 Å². The van der Waals surface area contributed by atoms with Crippen LogP contribution in [0.15, 0.2) is 30.6 Å². The first-order valence-corrected chi connectivity index (χ1v) is 6.05. The topological polar surface area (TPSA) is 52.3 Å². The first-order chi connectivity index (χ1) is 8.33. The quantitative estimate of drug-likeness (QED) is 0.731. The van der Waals surface area contributed by atoms with E-state index in [2.05, 4.69) is 15.3 Å². The molecular formula is C10H7ClN4OS. The minimum Gasteiger partial charge on any atom is -0.485 e. The number of fused-ring (bicyclic) bond motifs is 1. The van der Waals surface area contributed by atoms with Crippen LogP contribution in [0.1, 0.15) is 5.01 Å². The second-order valence-corrected chi connectivity index (χ2v) is 4.72. The fourth-order valence-electron chi connectivity index (χ4n) is 1.36. The summed E-state index contributed by atoms with van der Waals surface area (Å²) in [7, 11) is 0. The largest absolute Gasteiger partial charge is 0.485 e. The Hall–Kier alpha value is -1.66. The Labute approximate surface area is 106 Å². The Morgan fingerprint density at radius 1 is 1.35 bits per heavy atom. The molecular weight excluding hydrogens is 260 g/mol. The van der Waals surface area contributed by atoms with Crippen molar-refractivity contribution in [3.8, 4) is 5.75 Å². The fraction of sp³-hybridized carbons (Fsp3) is 0.100. The molecule has 0 saturated heterocycles. The molecule has 0 radical (unpaired) electrons. The van der Waals surface area contributed by atoms with Crippen LogP contribution in [0.5, 0.6) is 5.75 Å². The SMILES string of the molecule is Clc1ccccc1OCc1nn2cnnc2s1. The maximum Gasteiger partial charge on any atom is 0.234 e. The van der Waals surface area contributed by atoms with Crippen molar-refractivity contribution in [1.82, 2.24) is 19.8 Å². The highest BCUT2D eigenvalue weighted by Gasteiger charge is 2.06. The van der Waals surface area contributed by atoms with Crippen molar-refractivity contribution in [2.24, 2.45) is 0 Å². The first kappa shape index (κ1) is 10.5. The van der Waals surface area contributed by atoms with E-state index in [1.54, 1.807) is 16.9 Å². The van der Waals surface area contributed by atoms with Gasteiger partial charge in [0.15, 0.2) is 5.01 Å². The molecule has 0 atom stereocenters. The van der Waals surface area contributed by atoms with E-state index in [1.165, 1.54) is 11.3 Å². The van der Waals surface area contributed by atoms with Gasteiger partial charge in [-0.2, -0.15) is 9.61 Å². The number of aromatic nitrogens is 4. The predicted molar refractivity (Wildman–Crippen MR) is 64.4 cm³/mol. The summed E-state index contributed by atoms with van der Waals surface area (Å²) in [6.45, 7) is 0.373. The zero-order chi connectivity index (χ0) is 11.7. The molecule has 0 fully saturated rings. The van der Waals surface area contributed by atoms with Crippen molar-refractivity contribution in [2.45, 2.75) is 6.61 Å². The third kappa shape index (κ3) is 2.09. The predicted octanol–water partition coefficient (Wildman–Crippen LogP) is 2.42. The lowest BCUT2D eigenvalue weighted by molar-refractivity contribution is 0.304. The van der Waals surface area contributed by atoms with E-state index < -0.39 is 0 Å². The molecule has 86 valence electrons. The van der Waals surface area contributed by atoms with E-state index in [1.807, 2.05) is 18.2 Å². The number of para-hydroxylation sites is 1. The lowest BCUT2D eigenvalue weighted by atomic mass is 10.3. The summed E-state index contributed by atoms with van der Waals surface area (Å²) in [6.07, 6.45) is 1.56. The minimum atomic E-state index is 0.373. The number of hydrogen-bond donors (Lipinski definition) is 0. The van der Waals surface area contributed by atoms with Gasteiger partial charge in [-0.05, 0) is 12.1 Å². The van der Waals surface area contributed by atoms with Gasteiger partial charge in [0.1, 0.15) is 18.7 Å². The molecule has 1 aromatic carbocycles. The highest BCUT2D eigenvalue weighted by molar-refractivity contribution is 7.16. The van der Waals surface area contributed by atoms with Crippen LogP contribution in [0.3, 0.4) is 0 Å². The number of ether oxygens (including phenoxy) is 1. The third-order valence-electron chi connectivity index (χ3n) is 2.12. The minimum absolute atomic E-state index is 0.373. The second-order valence-electron chi connectivity index (χ2n) is 3.27. The average molecular weight is 267 g/mol. The molecule has 0 bridgehead atoms. The Bertz CT molecular complexity index is 622. The van der Waals surface area contributed by atoms with Crippen LogP contribution in [0.2, 0.25) is 5.02 Å². The highest BCUT2D eigenvalue weighted by Crippen LogP contribution is 2.24. The Balaban J connectivity index is 1.76. The summed E-state index contributed by atoms with van der Waals surface area (Å²) in [6, 6.07) is 7.34. The number of halogens is 1. The zero-order valence-electron chi connectivity index (χ0n) is 8.58. The van der Waals surface area contributed by atoms with Crippen LogP contribution in [0, 0.1) is 0 Å². The van der Waals surface area contributed by atoms with Gasteiger partial charge < -0.3 is 4.74 Å². The van der Waals surface area contributed by atoms with Crippen molar-refractivity contribution < 1.29 is 4.74 Å². The van der Waals surface area contributed by atoms with Crippen LogP contribution in [0.25, 0.3) is 4.96 Å². The fourth-order valence-corrected chi connectivity index (χ4v) is 2.28. The molecule has 3 rings (SSSR count). The summed E-state index contributed by atoms with van der Waals surface area (Å²) in [4.78, 5) is 0.753.